The molecular weight excluding hydrogens is 138 g/mol. The molecule has 0 aromatic carbocycles. The van der Waals surface area contributed by atoms with Crippen molar-refractivity contribution in [3.8, 4) is 0 Å². The van der Waals surface area contributed by atoms with Crippen molar-refractivity contribution in [1.29, 1.82) is 0 Å². The number of alkyl halides is 2. The average molecular weight is 149 g/mol. The van der Waals surface area contributed by atoms with Crippen molar-refractivity contribution in [3.63, 3.8) is 0 Å². The molecule has 1 radical (unpaired) electrons. The first kappa shape index (κ1) is 7.92. The molecule has 1 fully saturated rings. The van der Waals surface area contributed by atoms with Gasteiger partial charge in [-0.05, 0) is 19.3 Å². The van der Waals surface area contributed by atoms with Crippen LogP contribution in [0.2, 0.25) is 0 Å². The van der Waals surface area contributed by atoms with Crippen molar-refractivity contribution in [3.05, 3.63) is 0 Å². The Morgan fingerprint density at radius 3 is 2.60 bits per heavy atom. The smallest absolute Gasteiger partial charge is 0.233 e. The van der Waals surface area contributed by atoms with Crippen molar-refractivity contribution < 1.29 is 13.9 Å². The Hall–Kier alpha value is -0.180. The summed E-state index contributed by atoms with van der Waals surface area (Å²) in [4.78, 5) is 0. The summed E-state index contributed by atoms with van der Waals surface area (Å²) in [5.41, 5.74) is 0. The monoisotopic (exact) mass is 149 g/mol. The van der Waals surface area contributed by atoms with Crippen LogP contribution >= 0.6 is 0 Å². The molecule has 0 aliphatic heterocycles. The first-order valence-corrected chi connectivity index (χ1v) is 3.64. The predicted molar refractivity (Wildman–Crippen MR) is 32.5 cm³/mol. The van der Waals surface area contributed by atoms with Crippen molar-refractivity contribution in [2.75, 3.05) is 0 Å². The van der Waals surface area contributed by atoms with Gasteiger partial charge in [-0.3, -0.25) is 0 Å². The van der Waals surface area contributed by atoms with E-state index in [2.05, 4.69) is 0 Å². The lowest BCUT2D eigenvalue weighted by Crippen LogP contribution is -2.14. The summed E-state index contributed by atoms with van der Waals surface area (Å²) < 4.78 is 25.0. The van der Waals surface area contributed by atoms with Crippen molar-refractivity contribution in [1.82, 2.24) is 0 Å². The second kappa shape index (κ2) is 2.82. The highest BCUT2D eigenvalue weighted by Gasteiger charge is 2.32. The summed E-state index contributed by atoms with van der Waals surface area (Å²) in [6, 6.07) is 0. The molecule has 1 nitrogen and oxygen atoms in total. The molecule has 1 aliphatic rings. The SMILES string of the molecule is [O]C1CCCC(F)(F)CC1. The van der Waals surface area contributed by atoms with Crippen LogP contribution in [0.4, 0.5) is 8.78 Å². The van der Waals surface area contributed by atoms with Crippen LogP contribution in [0.1, 0.15) is 32.1 Å². The van der Waals surface area contributed by atoms with Gasteiger partial charge in [-0.15, -0.1) is 0 Å². The molecule has 0 amide bonds. The van der Waals surface area contributed by atoms with Gasteiger partial charge in [-0.25, -0.2) is 13.9 Å². The highest BCUT2D eigenvalue weighted by atomic mass is 19.3. The van der Waals surface area contributed by atoms with Crippen molar-refractivity contribution in [2.24, 2.45) is 0 Å². The molecule has 0 N–H and O–H groups in total. The molecule has 0 heterocycles. The fourth-order valence-corrected chi connectivity index (χ4v) is 1.23. The molecule has 3 heteroatoms. The molecule has 1 unspecified atom stereocenters. The number of rotatable bonds is 0. The van der Waals surface area contributed by atoms with Gasteiger partial charge in [0.2, 0.25) is 5.92 Å². The third-order valence-electron chi connectivity index (χ3n) is 1.90. The average Bonchev–Trinajstić information content (AvgIpc) is 1.94. The van der Waals surface area contributed by atoms with E-state index in [1.807, 2.05) is 0 Å². The molecular formula is C7H11F2O. The van der Waals surface area contributed by atoms with Crippen molar-refractivity contribution in [2.45, 2.75) is 44.1 Å². The van der Waals surface area contributed by atoms with Crippen LogP contribution in [0, 0.1) is 0 Å². The van der Waals surface area contributed by atoms with E-state index in [1.165, 1.54) is 0 Å². The van der Waals surface area contributed by atoms with E-state index in [1.54, 1.807) is 0 Å². The number of hydrogen-bond donors (Lipinski definition) is 0. The van der Waals surface area contributed by atoms with Gasteiger partial charge in [0, 0.05) is 12.8 Å². The summed E-state index contributed by atoms with van der Waals surface area (Å²) in [5, 5.41) is 10.7. The maximum Gasteiger partial charge on any atom is 0.248 e. The first-order chi connectivity index (χ1) is 4.60. The largest absolute Gasteiger partial charge is 0.248 e. The van der Waals surface area contributed by atoms with Gasteiger partial charge in [0.25, 0.3) is 0 Å². The van der Waals surface area contributed by atoms with Gasteiger partial charge in [0.15, 0.2) is 0 Å². The summed E-state index contributed by atoms with van der Waals surface area (Å²) in [7, 11) is 0. The van der Waals surface area contributed by atoms with E-state index in [9.17, 15) is 13.9 Å². The fourth-order valence-electron chi connectivity index (χ4n) is 1.23. The summed E-state index contributed by atoms with van der Waals surface area (Å²) in [6.07, 6.45) is -0.0789. The van der Waals surface area contributed by atoms with E-state index in [-0.39, 0.29) is 19.3 Å². The molecule has 1 rings (SSSR count). The standard InChI is InChI=1S/C7H11F2O/c8-7(9)4-1-2-6(10)3-5-7/h6H,1-5H2. The zero-order valence-corrected chi connectivity index (χ0v) is 5.78. The quantitative estimate of drug-likeness (QED) is 0.471. The minimum Gasteiger partial charge on any atom is -0.233 e. The molecule has 0 saturated heterocycles. The van der Waals surface area contributed by atoms with Crippen LogP contribution in [-0.2, 0) is 5.11 Å². The van der Waals surface area contributed by atoms with E-state index in [0.717, 1.165) is 0 Å². The number of halogens is 2. The van der Waals surface area contributed by atoms with Crippen molar-refractivity contribution >= 4 is 0 Å². The molecule has 1 aliphatic carbocycles. The maximum atomic E-state index is 12.5. The Balaban J connectivity index is 2.41. The Bertz CT molecular complexity index is 114. The molecule has 1 saturated carbocycles. The van der Waals surface area contributed by atoms with E-state index < -0.39 is 12.0 Å². The lowest BCUT2D eigenvalue weighted by atomic mass is 10.1. The molecule has 0 bridgehead atoms. The topological polar surface area (TPSA) is 19.9 Å². The third-order valence-corrected chi connectivity index (χ3v) is 1.90. The molecule has 0 aromatic rings. The normalized spacial score (nSPS) is 33.3. The van der Waals surface area contributed by atoms with Crippen LogP contribution in [0.5, 0.6) is 0 Å². The summed E-state index contributed by atoms with van der Waals surface area (Å²) in [6.45, 7) is 0. The lowest BCUT2D eigenvalue weighted by Gasteiger charge is -2.11. The zero-order valence-electron chi connectivity index (χ0n) is 5.78. The Kier molecular flexibility index (Phi) is 2.24. The first-order valence-electron chi connectivity index (χ1n) is 3.64. The molecule has 59 valence electrons. The Morgan fingerprint density at radius 2 is 1.90 bits per heavy atom. The molecule has 1 atom stereocenters. The van der Waals surface area contributed by atoms with Crippen LogP contribution in [0.25, 0.3) is 0 Å². The summed E-state index contributed by atoms with van der Waals surface area (Å²) in [5.74, 6) is -2.56. The van der Waals surface area contributed by atoms with E-state index in [0.29, 0.717) is 12.8 Å². The van der Waals surface area contributed by atoms with Crippen LogP contribution in [-0.4, -0.2) is 12.0 Å². The summed E-state index contributed by atoms with van der Waals surface area (Å²) >= 11 is 0. The maximum absolute atomic E-state index is 12.5. The predicted octanol–water partition coefficient (Wildman–Crippen LogP) is 2.38. The van der Waals surface area contributed by atoms with Gasteiger partial charge in [0.05, 0.1) is 6.10 Å². The second-order valence-corrected chi connectivity index (χ2v) is 2.91. The van der Waals surface area contributed by atoms with E-state index >= 15 is 0 Å². The lowest BCUT2D eigenvalue weighted by molar-refractivity contribution is -0.0198. The Labute approximate surface area is 59.0 Å². The fraction of sp³-hybridized carbons (Fsp3) is 1.00. The van der Waals surface area contributed by atoms with Gasteiger partial charge >= 0.3 is 0 Å². The minimum atomic E-state index is -2.56. The molecule has 10 heavy (non-hydrogen) atoms. The number of hydrogen-bond acceptors (Lipinski definition) is 0. The van der Waals surface area contributed by atoms with Gasteiger partial charge in [0.1, 0.15) is 0 Å². The van der Waals surface area contributed by atoms with Crippen LogP contribution < -0.4 is 0 Å². The third kappa shape index (κ3) is 2.21. The second-order valence-electron chi connectivity index (χ2n) is 2.91. The Morgan fingerprint density at radius 1 is 1.20 bits per heavy atom. The minimum absolute atomic E-state index is 0.0915. The van der Waals surface area contributed by atoms with Crippen LogP contribution in [0.15, 0.2) is 0 Å². The van der Waals surface area contributed by atoms with Gasteiger partial charge < -0.3 is 0 Å². The molecule has 0 aromatic heterocycles. The van der Waals surface area contributed by atoms with Gasteiger partial charge in [-0.1, -0.05) is 0 Å². The highest BCUT2D eigenvalue weighted by Crippen LogP contribution is 2.31. The van der Waals surface area contributed by atoms with Crippen LogP contribution in [0.3, 0.4) is 0 Å². The van der Waals surface area contributed by atoms with E-state index in [4.69, 9.17) is 0 Å². The van der Waals surface area contributed by atoms with Gasteiger partial charge in [-0.2, -0.15) is 0 Å². The highest BCUT2D eigenvalue weighted by molar-refractivity contribution is 4.73. The molecule has 0 spiro atoms. The zero-order chi connectivity index (χ0) is 7.61.